The zero-order chi connectivity index (χ0) is 30.6. The maximum atomic E-state index is 14.0. The number of halogens is 3. The van der Waals surface area contributed by atoms with E-state index < -0.39 is 23.8 Å². The minimum absolute atomic E-state index is 0.184. The molecule has 2 aliphatic rings. The van der Waals surface area contributed by atoms with E-state index in [0.29, 0.717) is 22.5 Å². The molecular weight excluding hydrogens is 557 g/mol. The number of hydrogen-bond acceptors (Lipinski definition) is 7. The first kappa shape index (κ1) is 30.1. The average molecular weight is 593 g/mol. The van der Waals surface area contributed by atoms with E-state index in [2.05, 4.69) is 44.4 Å². The van der Waals surface area contributed by atoms with Crippen molar-refractivity contribution in [3.05, 3.63) is 82.8 Å². The highest BCUT2D eigenvalue weighted by molar-refractivity contribution is 5.79. The van der Waals surface area contributed by atoms with Crippen LogP contribution in [0.15, 0.2) is 60.5 Å². The number of fused-ring (bicyclic) bond motifs is 1. The van der Waals surface area contributed by atoms with E-state index in [1.165, 1.54) is 6.07 Å². The third kappa shape index (κ3) is 7.55. The molecule has 2 N–H and O–H groups in total. The van der Waals surface area contributed by atoms with Gasteiger partial charge in [0.1, 0.15) is 17.7 Å². The van der Waals surface area contributed by atoms with E-state index >= 15 is 0 Å². The summed E-state index contributed by atoms with van der Waals surface area (Å²) in [4.78, 5) is 23.4. The minimum Gasteiger partial charge on any atom is -0.368 e. The van der Waals surface area contributed by atoms with Gasteiger partial charge in [0, 0.05) is 52.4 Å². The van der Waals surface area contributed by atoms with Gasteiger partial charge in [-0.05, 0) is 60.1 Å². The highest BCUT2D eigenvalue weighted by Gasteiger charge is 2.34. The number of nitrogens with one attached hydrogen (secondary N) is 2. The topological polar surface area (TPSA) is 81.0 Å². The molecule has 0 aliphatic carbocycles. The Hall–Kier alpha value is -4.34. The Balaban J connectivity index is 1.23. The number of amides is 1. The maximum Gasteiger partial charge on any atom is 0.416 e. The molecular formula is C31H35F3N8O. The highest BCUT2D eigenvalue weighted by Crippen LogP contribution is 2.33. The second-order valence-electron chi connectivity index (χ2n) is 10.8. The number of allylic oxidation sites excluding steroid dienone is 2. The lowest BCUT2D eigenvalue weighted by Crippen LogP contribution is -2.45. The first-order valence-corrected chi connectivity index (χ1v) is 14.2. The first-order chi connectivity index (χ1) is 20.6. The average Bonchev–Trinajstić information content (AvgIpc) is 3.39. The summed E-state index contributed by atoms with van der Waals surface area (Å²) in [6, 6.07) is 7.95. The van der Waals surface area contributed by atoms with E-state index in [0.717, 1.165) is 44.6 Å². The molecule has 1 atom stereocenters. The number of piperazine rings is 1. The van der Waals surface area contributed by atoms with Crippen molar-refractivity contribution in [2.24, 2.45) is 0 Å². The molecule has 2 aromatic heterocycles. The Bertz CT molecular complexity index is 1590. The van der Waals surface area contributed by atoms with Crippen LogP contribution in [0.3, 0.4) is 0 Å². The summed E-state index contributed by atoms with van der Waals surface area (Å²) in [6.07, 6.45) is 1.57. The maximum absolute atomic E-state index is 14.0. The Morgan fingerprint density at radius 1 is 1.12 bits per heavy atom. The van der Waals surface area contributed by atoms with Crippen LogP contribution in [0.2, 0.25) is 0 Å². The smallest absolute Gasteiger partial charge is 0.368 e. The lowest BCUT2D eigenvalue weighted by molar-refractivity contribution is -0.138. The van der Waals surface area contributed by atoms with Crippen LogP contribution < -0.4 is 15.5 Å². The van der Waals surface area contributed by atoms with Crippen LogP contribution in [0.25, 0.3) is 5.65 Å². The zero-order valence-corrected chi connectivity index (χ0v) is 24.4. The molecule has 1 amide bonds. The molecule has 1 saturated heterocycles. The van der Waals surface area contributed by atoms with Crippen molar-refractivity contribution in [3.8, 4) is 11.8 Å². The third-order valence-electron chi connectivity index (χ3n) is 7.49. The molecule has 2 aliphatic heterocycles. The van der Waals surface area contributed by atoms with Crippen molar-refractivity contribution in [3.63, 3.8) is 0 Å². The van der Waals surface area contributed by atoms with Crippen LogP contribution >= 0.6 is 0 Å². The van der Waals surface area contributed by atoms with Gasteiger partial charge in [0.25, 0.3) is 0 Å². The minimum atomic E-state index is -4.51. The van der Waals surface area contributed by atoms with Crippen LogP contribution in [0.5, 0.6) is 0 Å². The molecule has 226 valence electrons. The summed E-state index contributed by atoms with van der Waals surface area (Å²) in [5.41, 5.74) is 1.78. The van der Waals surface area contributed by atoms with Crippen LogP contribution in [-0.2, 0) is 23.9 Å². The van der Waals surface area contributed by atoms with Crippen LogP contribution in [0, 0.1) is 11.8 Å². The predicted octanol–water partition coefficient (Wildman–Crippen LogP) is 3.03. The summed E-state index contributed by atoms with van der Waals surface area (Å²) < 4.78 is 43.6. The molecule has 12 heteroatoms. The van der Waals surface area contributed by atoms with Crippen LogP contribution in [0.4, 0.5) is 19.0 Å². The molecule has 0 saturated carbocycles. The molecule has 1 aromatic carbocycles. The summed E-state index contributed by atoms with van der Waals surface area (Å²) in [6.45, 7) is 6.40. The van der Waals surface area contributed by atoms with Gasteiger partial charge in [-0.3, -0.25) is 9.69 Å². The van der Waals surface area contributed by atoms with Gasteiger partial charge < -0.3 is 20.4 Å². The quantitative estimate of drug-likeness (QED) is 0.409. The highest BCUT2D eigenvalue weighted by atomic mass is 19.4. The fourth-order valence-corrected chi connectivity index (χ4v) is 5.06. The molecule has 0 spiro atoms. The van der Waals surface area contributed by atoms with Crippen molar-refractivity contribution >= 4 is 17.4 Å². The number of anilines is 1. The molecule has 1 fully saturated rings. The number of carbonyl (C=O) groups excluding carboxylic acids is 1. The fraction of sp³-hybridized carbons (Fsp3) is 0.387. The number of imidazole rings is 1. The Morgan fingerprint density at radius 3 is 2.60 bits per heavy atom. The second-order valence-corrected chi connectivity index (χ2v) is 10.8. The van der Waals surface area contributed by atoms with E-state index in [1.807, 2.05) is 36.0 Å². The Kier molecular flexibility index (Phi) is 9.03. The van der Waals surface area contributed by atoms with Gasteiger partial charge in [0.05, 0.1) is 18.2 Å². The van der Waals surface area contributed by atoms with Gasteiger partial charge in [0.15, 0.2) is 5.65 Å². The predicted molar refractivity (Wildman–Crippen MR) is 159 cm³/mol. The van der Waals surface area contributed by atoms with Crippen molar-refractivity contribution in [1.29, 1.82) is 0 Å². The van der Waals surface area contributed by atoms with Crippen molar-refractivity contribution in [1.82, 2.24) is 35.0 Å². The number of rotatable bonds is 7. The van der Waals surface area contributed by atoms with E-state index in [-0.39, 0.29) is 18.5 Å². The largest absolute Gasteiger partial charge is 0.416 e. The molecule has 9 nitrogen and oxygen atoms in total. The van der Waals surface area contributed by atoms with E-state index in [9.17, 15) is 18.0 Å². The summed E-state index contributed by atoms with van der Waals surface area (Å²) >= 11 is 0. The van der Waals surface area contributed by atoms with Gasteiger partial charge in [-0.1, -0.05) is 25.0 Å². The standard InChI is InChI=1S/C31H35F3N8O/c1-4-40-13-15-41(16-14-40)21-24-7-5-23(17-26(24)31(32,33)34)19-30(43)37-27-18-22(11-12-35-27)6-8-25-20-36-28-9-10-29(39(2)3)38-42(25)28/h5,7,9-12,17-18,20,27,35H,4,13-16,19,21H2,1-3H3,(H,37,43). The van der Waals surface area contributed by atoms with Crippen LogP contribution in [-0.4, -0.2) is 83.3 Å². The Labute approximate surface area is 249 Å². The Morgan fingerprint density at radius 2 is 1.88 bits per heavy atom. The van der Waals surface area contributed by atoms with E-state index in [4.69, 9.17) is 0 Å². The van der Waals surface area contributed by atoms with Gasteiger partial charge in [-0.2, -0.15) is 13.2 Å². The van der Waals surface area contributed by atoms with Gasteiger partial charge >= 0.3 is 6.18 Å². The normalized spacial score (nSPS) is 17.6. The lowest BCUT2D eigenvalue weighted by atomic mass is 10.0. The molecule has 0 radical (unpaired) electrons. The number of carbonyl (C=O) groups is 1. The molecule has 5 rings (SSSR count). The SMILES string of the molecule is CCN1CCN(Cc2ccc(CC(=O)NC3C=C(C#Cc4cnc5ccc(N(C)C)nn45)C=CN3)cc2C(F)(F)F)CC1. The fourth-order valence-electron chi connectivity index (χ4n) is 5.06. The van der Waals surface area contributed by atoms with Gasteiger partial charge in [0.2, 0.25) is 5.91 Å². The summed E-state index contributed by atoms with van der Waals surface area (Å²) in [5.74, 6) is 6.50. The van der Waals surface area contributed by atoms with Crippen LogP contribution in [0.1, 0.15) is 29.3 Å². The molecule has 0 bridgehead atoms. The molecule has 4 heterocycles. The number of likely N-dealkylation sites (N-methyl/N-ethyl adjacent to an activating group) is 1. The number of nitrogens with zero attached hydrogens (tertiary/aromatic N) is 6. The third-order valence-corrected chi connectivity index (χ3v) is 7.49. The number of benzene rings is 1. The van der Waals surface area contributed by atoms with Gasteiger partial charge in [-0.15, -0.1) is 5.10 Å². The lowest BCUT2D eigenvalue weighted by Gasteiger charge is -2.34. The number of alkyl halides is 3. The monoisotopic (exact) mass is 592 g/mol. The molecule has 1 unspecified atom stereocenters. The zero-order valence-electron chi connectivity index (χ0n) is 24.4. The number of dihydropyridines is 1. The molecule has 3 aromatic rings. The first-order valence-electron chi connectivity index (χ1n) is 14.2. The number of hydrogen-bond donors (Lipinski definition) is 2. The van der Waals surface area contributed by atoms with Crippen molar-refractivity contribution in [2.75, 3.05) is 51.7 Å². The van der Waals surface area contributed by atoms with Gasteiger partial charge in [-0.25, -0.2) is 9.50 Å². The second kappa shape index (κ2) is 12.9. The van der Waals surface area contributed by atoms with E-state index in [1.54, 1.807) is 35.1 Å². The summed E-state index contributed by atoms with van der Waals surface area (Å²) in [7, 11) is 3.80. The van der Waals surface area contributed by atoms with Crippen molar-refractivity contribution in [2.45, 2.75) is 32.2 Å². The van der Waals surface area contributed by atoms with Crippen molar-refractivity contribution < 1.29 is 18.0 Å². The summed E-state index contributed by atoms with van der Waals surface area (Å²) in [5, 5.41) is 10.4. The number of aromatic nitrogens is 3. The molecule has 43 heavy (non-hydrogen) atoms.